The summed E-state index contributed by atoms with van der Waals surface area (Å²) in [5.41, 5.74) is 0.575. The quantitative estimate of drug-likeness (QED) is 0.707. The van der Waals surface area contributed by atoms with Crippen molar-refractivity contribution in [1.82, 2.24) is 9.80 Å². The van der Waals surface area contributed by atoms with E-state index in [0.717, 1.165) is 0 Å². The maximum atomic E-state index is 12.4. The Morgan fingerprint density at radius 3 is 2.50 bits per heavy atom. The predicted molar refractivity (Wildman–Crippen MR) is 72.1 cm³/mol. The van der Waals surface area contributed by atoms with Gasteiger partial charge >= 0.3 is 6.03 Å². The Bertz CT molecular complexity index is 572. The molecule has 2 aliphatic rings. The Morgan fingerprint density at radius 1 is 1.15 bits per heavy atom. The standard InChI is InChI=1S/C14H15N3O3/c1-10(18)15-7-8-16-12(9-15)13(19)17(14(16)20)11-5-3-2-4-6-11/h2-6,12H,7-9H2,1H3/t12-/m0/s1. The van der Waals surface area contributed by atoms with Gasteiger partial charge in [-0.2, -0.15) is 0 Å². The molecular formula is C14H15N3O3. The molecule has 0 spiro atoms. The van der Waals surface area contributed by atoms with E-state index in [-0.39, 0.29) is 24.4 Å². The van der Waals surface area contributed by atoms with E-state index in [1.54, 1.807) is 34.1 Å². The van der Waals surface area contributed by atoms with Crippen LogP contribution in [0.15, 0.2) is 30.3 Å². The molecule has 2 heterocycles. The second kappa shape index (κ2) is 4.63. The molecule has 104 valence electrons. The Balaban J connectivity index is 1.89. The van der Waals surface area contributed by atoms with Crippen LogP contribution in [-0.2, 0) is 9.59 Å². The number of rotatable bonds is 1. The monoisotopic (exact) mass is 273 g/mol. The van der Waals surface area contributed by atoms with Crippen molar-refractivity contribution in [1.29, 1.82) is 0 Å². The minimum absolute atomic E-state index is 0.0666. The van der Waals surface area contributed by atoms with Gasteiger partial charge in [-0.25, -0.2) is 9.69 Å². The van der Waals surface area contributed by atoms with Crippen LogP contribution in [0.3, 0.4) is 0 Å². The molecule has 0 radical (unpaired) electrons. The highest BCUT2D eigenvalue weighted by atomic mass is 16.2. The van der Waals surface area contributed by atoms with Gasteiger partial charge in [0, 0.05) is 20.0 Å². The molecule has 0 aliphatic carbocycles. The number of fused-ring (bicyclic) bond motifs is 1. The number of benzene rings is 1. The highest BCUT2D eigenvalue weighted by molar-refractivity contribution is 6.21. The third-order valence-electron chi connectivity index (χ3n) is 3.78. The van der Waals surface area contributed by atoms with E-state index in [1.165, 1.54) is 11.8 Å². The summed E-state index contributed by atoms with van der Waals surface area (Å²) in [5, 5.41) is 0. The zero-order valence-corrected chi connectivity index (χ0v) is 11.2. The van der Waals surface area contributed by atoms with E-state index in [1.807, 2.05) is 6.07 Å². The second-order valence-corrected chi connectivity index (χ2v) is 4.97. The maximum absolute atomic E-state index is 12.4. The number of amides is 4. The molecule has 2 saturated heterocycles. The van der Waals surface area contributed by atoms with Gasteiger partial charge in [0.25, 0.3) is 5.91 Å². The van der Waals surface area contributed by atoms with Crippen molar-refractivity contribution in [2.45, 2.75) is 13.0 Å². The lowest BCUT2D eigenvalue weighted by Gasteiger charge is -2.34. The van der Waals surface area contributed by atoms with E-state index in [2.05, 4.69) is 0 Å². The maximum Gasteiger partial charge on any atom is 0.332 e. The van der Waals surface area contributed by atoms with Crippen molar-refractivity contribution in [3.63, 3.8) is 0 Å². The number of anilines is 1. The number of urea groups is 1. The minimum Gasteiger partial charge on any atom is -0.339 e. The molecule has 0 bridgehead atoms. The van der Waals surface area contributed by atoms with Gasteiger partial charge in [-0.1, -0.05) is 18.2 Å². The van der Waals surface area contributed by atoms with E-state index >= 15 is 0 Å². The van der Waals surface area contributed by atoms with Crippen LogP contribution < -0.4 is 4.90 Å². The Morgan fingerprint density at radius 2 is 1.85 bits per heavy atom. The average molecular weight is 273 g/mol. The summed E-state index contributed by atoms with van der Waals surface area (Å²) >= 11 is 0. The van der Waals surface area contributed by atoms with Gasteiger partial charge in [0.1, 0.15) is 6.04 Å². The number of hydrogen-bond donors (Lipinski definition) is 0. The van der Waals surface area contributed by atoms with Gasteiger partial charge in [0.15, 0.2) is 0 Å². The lowest BCUT2D eigenvalue weighted by Crippen LogP contribution is -2.54. The summed E-state index contributed by atoms with van der Waals surface area (Å²) in [5.74, 6) is -0.324. The van der Waals surface area contributed by atoms with Gasteiger partial charge in [-0.05, 0) is 12.1 Å². The Hall–Kier alpha value is -2.37. The lowest BCUT2D eigenvalue weighted by molar-refractivity contribution is -0.132. The van der Waals surface area contributed by atoms with E-state index < -0.39 is 6.04 Å². The predicted octanol–water partition coefficient (Wildman–Crippen LogP) is 0.686. The SMILES string of the molecule is CC(=O)N1CCN2C(=O)N(c3ccccc3)C(=O)[C@@H]2C1. The number of carbonyl (C=O) groups is 3. The molecule has 0 aromatic heterocycles. The number of hydrogen-bond acceptors (Lipinski definition) is 3. The molecule has 1 aromatic rings. The van der Waals surface area contributed by atoms with Crippen molar-refractivity contribution in [3.8, 4) is 0 Å². The fourth-order valence-corrected chi connectivity index (χ4v) is 2.70. The van der Waals surface area contributed by atoms with Crippen LogP contribution in [0, 0.1) is 0 Å². The molecule has 2 aliphatic heterocycles. The number of imide groups is 1. The van der Waals surface area contributed by atoms with Gasteiger partial charge in [-0.15, -0.1) is 0 Å². The van der Waals surface area contributed by atoms with E-state index in [0.29, 0.717) is 18.8 Å². The van der Waals surface area contributed by atoms with Gasteiger partial charge in [-0.3, -0.25) is 9.59 Å². The molecule has 1 atom stereocenters. The normalized spacial score (nSPS) is 22.2. The molecule has 2 fully saturated rings. The van der Waals surface area contributed by atoms with Crippen LogP contribution in [0.4, 0.5) is 10.5 Å². The van der Waals surface area contributed by atoms with Crippen LogP contribution >= 0.6 is 0 Å². The molecule has 3 rings (SSSR count). The van der Waals surface area contributed by atoms with Crippen LogP contribution in [-0.4, -0.2) is 53.3 Å². The fraction of sp³-hybridized carbons (Fsp3) is 0.357. The number of piperazine rings is 1. The molecule has 0 unspecified atom stereocenters. The molecule has 0 N–H and O–H groups in total. The first-order valence-electron chi connectivity index (χ1n) is 6.54. The largest absolute Gasteiger partial charge is 0.339 e. The topological polar surface area (TPSA) is 60.9 Å². The summed E-state index contributed by atoms with van der Waals surface area (Å²) in [6, 6.07) is 8.02. The second-order valence-electron chi connectivity index (χ2n) is 4.97. The smallest absolute Gasteiger partial charge is 0.332 e. The van der Waals surface area contributed by atoms with Crippen LogP contribution in [0.5, 0.6) is 0 Å². The van der Waals surface area contributed by atoms with Crippen molar-refractivity contribution >= 4 is 23.5 Å². The van der Waals surface area contributed by atoms with Gasteiger partial charge < -0.3 is 9.80 Å². The number of carbonyl (C=O) groups excluding carboxylic acids is 3. The third kappa shape index (κ3) is 1.84. The Labute approximate surface area is 116 Å². The number of nitrogens with zero attached hydrogens (tertiary/aromatic N) is 3. The first-order valence-corrected chi connectivity index (χ1v) is 6.54. The number of para-hydroxylation sites is 1. The van der Waals surface area contributed by atoms with Crippen molar-refractivity contribution < 1.29 is 14.4 Å². The zero-order valence-electron chi connectivity index (χ0n) is 11.2. The first-order chi connectivity index (χ1) is 9.59. The molecule has 6 nitrogen and oxygen atoms in total. The van der Waals surface area contributed by atoms with Crippen LogP contribution in [0.2, 0.25) is 0 Å². The summed E-state index contributed by atoms with van der Waals surface area (Å²) in [6.45, 7) is 2.64. The fourth-order valence-electron chi connectivity index (χ4n) is 2.70. The molecule has 4 amide bonds. The van der Waals surface area contributed by atoms with E-state index in [4.69, 9.17) is 0 Å². The molecule has 0 saturated carbocycles. The summed E-state index contributed by atoms with van der Waals surface area (Å²) in [7, 11) is 0. The first kappa shape index (κ1) is 12.7. The minimum atomic E-state index is -0.555. The van der Waals surface area contributed by atoms with Gasteiger partial charge in [0.2, 0.25) is 5.91 Å². The molecular weight excluding hydrogens is 258 g/mol. The van der Waals surface area contributed by atoms with E-state index in [9.17, 15) is 14.4 Å². The molecule has 6 heteroatoms. The van der Waals surface area contributed by atoms with Crippen LogP contribution in [0.25, 0.3) is 0 Å². The average Bonchev–Trinajstić information content (AvgIpc) is 2.71. The van der Waals surface area contributed by atoms with Gasteiger partial charge in [0.05, 0.1) is 12.2 Å². The lowest BCUT2D eigenvalue weighted by atomic mass is 10.2. The Kier molecular flexibility index (Phi) is 2.93. The summed E-state index contributed by atoms with van der Waals surface area (Å²) < 4.78 is 0. The third-order valence-corrected chi connectivity index (χ3v) is 3.78. The zero-order chi connectivity index (χ0) is 14.3. The van der Waals surface area contributed by atoms with Crippen molar-refractivity contribution in [3.05, 3.63) is 30.3 Å². The summed E-state index contributed by atoms with van der Waals surface area (Å²) in [4.78, 5) is 40.6. The van der Waals surface area contributed by atoms with Crippen molar-refractivity contribution in [2.24, 2.45) is 0 Å². The van der Waals surface area contributed by atoms with Crippen molar-refractivity contribution in [2.75, 3.05) is 24.5 Å². The molecule has 20 heavy (non-hydrogen) atoms. The molecule has 1 aromatic carbocycles. The highest BCUT2D eigenvalue weighted by Gasteiger charge is 2.48. The van der Waals surface area contributed by atoms with Crippen LogP contribution in [0.1, 0.15) is 6.92 Å². The highest BCUT2D eigenvalue weighted by Crippen LogP contribution is 2.27. The summed E-state index contributed by atoms with van der Waals surface area (Å²) in [6.07, 6.45) is 0.